The molecule has 2 rings (SSSR count). The van der Waals surface area contributed by atoms with Gasteiger partial charge < -0.3 is 15.5 Å². The molecule has 2 heterocycles. The van der Waals surface area contributed by atoms with Crippen LogP contribution in [0, 0.1) is 11.8 Å². The summed E-state index contributed by atoms with van der Waals surface area (Å²) < 4.78 is 0. The largest absolute Gasteiger partial charge is 0.353 e. The van der Waals surface area contributed by atoms with Crippen molar-refractivity contribution in [1.82, 2.24) is 15.5 Å². The second-order valence-electron chi connectivity index (χ2n) is 5.69. The van der Waals surface area contributed by atoms with Gasteiger partial charge in [0.1, 0.15) is 0 Å². The molecule has 2 atom stereocenters. The van der Waals surface area contributed by atoms with E-state index in [0.717, 1.165) is 39.1 Å². The molecule has 0 bridgehead atoms. The van der Waals surface area contributed by atoms with Crippen LogP contribution in [0.3, 0.4) is 0 Å². The summed E-state index contributed by atoms with van der Waals surface area (Å²) in [5, 5.41) is 6.56. The standard InChI is InChI=1S/C13H25N3O/c1-10(2)13-11(3-4-12(17)15-13)9-16-7-5-14-6-8-16/h10-11,13-14H,3-9H2,1-2H3,(H,15,17)/t11-,13-/m1/s1. The van der Waals surface area contributed by atoms with Crippen molar-refractivity contribution in [2.24, 2.45) is 11.8 Å². The second-order valence-corrected chi connectivity index (χ2v) is 5.69. The molecule has 2 saturated heterocycles. The lowest BCUT2D eigenvalue weighted by molar-refractivity contribution is -0.125. The fourth-order valence-corrected chi connectivity index (χ4v) is 3.01. The van der Waals surface area contributed by atoms with Crippen molar-refractivity contribution in [1.29, 1.82) is 0 Å². The van der Waals surface area contributed by atoms with Crippen LogP contribution in [0.4, 0.5) is 0 Å². The topological polar surface area (TPSA) is 44.4 Å². The third-order valence-electron chi connectivity index (χ3n) is 4.00. The van der Waals surface area contributed by atoms with Gasteiger partial charge in [0.2, 0.25) is 5.91 Å². The van der Waals surface area contributed by atoms with E-state index in [-0.39, 0.29) is 5.91 Å². The molecule has 2 aliphatic heterocycles. The van der Waals surface area contributed by atoms with Gasteiger partial charge in [0, 0.05) is 45.2 Å². The Morgan fingerprint density at radius 3 is 2.71 bits per heavy atom. The average Bonchev–Trinajstić information content (AvgIpc) is 2.32. The maximum Gasteiger partial charge on any atom is 0.220 e. The van der Waals surface area contributed by atoms with Gasteiger partial charge in [-0.2, -0.15) is 0 Å². The zero-order chi connectivity index (χ0) is 12.3. The van der Waals surface area contributed by atoms with Crippen molar-refractivity contribution in [3.63, 3.8) is 0 Å². The molecule has 0 unspecified atom stereocenters. The van der Waals surface area contributed by atoms with Gasteiger partial charge in [0.05, 0.1) is 0 Å². The fraction of sp³-hybridized carbons (Fsp3) is 0.923. The molecule has 1 amide bonds. The lowest BCUT2D eigenvalue weighted by atomic mass is 9.83. The Morgan fingerprint density at radius 1 is 1.35 bits per heavy atom. The van der Waals surface area contributed by atoms with Gasteiger partial charge in [-0.15, -0.1) is 0 Å². The van der Waals surface area contributed by atoms with Crippen LogP contribution in [-0.4, -0.2) is 49.6 Å². The van der Waals surface area contributed by atoms with E-state index in [2.05, 4.69) is 29.4 Å². The summed E-state index contributed by atoms with van der Waals surface area (Å²) in [5.74, 6) is 1.40. The lowest BCUT2D eigenvalue weighted by Gasteiger charge is -2.39. The van der Waals surface area contributed by atoms with Crippen molar-refractivity contribution in [3.8, 4) is 0 Å². The molecule has 0 aliphatic carbocycles. The smallest absolute Gasteiger partial charge is 0.220 e. The van der Waals surface area contributed by atoms with E-state index in [9.17, 15) is 4.79 Å². The Hall–Kier alpha value is -0.610. The number of nitrogens with one attached hydrogen (secondary N) is 2. The highest BCUT2D eigenvalue weighted by Gasteiger charge is 2.31. The molecular formula is C13H25N3O. The first-order valence-electron chi connectivity index (χ1n) is 6.89. The minimum Gasteiger partial charge on any atom is -0.353 e. The number of piperidine rings is 1. The highest BCUT2D eigenvalue weighted by molar-refractivity contribution is 5.77. The van der Waals surface area contributed by atoms with E-state index < -0.39 is 0 Å². The zero-order valence-electron chi connectivity index (χ0n) is 11.0. The summed E-state index contributed by atoms with van der Waals surface area (Å²) in [6.07, 6.45) is 1.76. The molecule has 2 N–H and O–H groups in total. The molecule has 0 spiro atoms. The van der Waals surface area contributed by atoms with Gasteiger partial charge >= 0.3 is 0 Å². The third kappa shape index (κ3) is 3.42. The summed E-state index contributed by atoms with van der Waals surface area (Å²) in [5.41, 5.74) is 0. The maximum absolute atomic E-state index is 11.5. The summed E-state index contributed by atoms with van der Waals surface area (Å²) in [7, 11) is 0. The van der Waals surface area contributed by atoms with Crippen LogP contribution >= 0.6 is 0 Å². The number of hydrogen-bond donors (Lipinski definition) is 2. The molecule has 98 valence electrons. The second kappa shape index (κ2) is 5.83. The van der Waals surface area contributed by atoms with Gasteiger partial charge in [0.15, 0.2) is 0 Å². The number of amides is 1. The van der Waals surface area contributed by atoms with Crippen LogP contribution in [0.2, 0.25) is 0 Å². The molecule has 0 aromatic heterocycles. The fourth-order valence-electron chi connectivity index (χ4n) is 3.01. The first-order valence-corrected chi connectivity index (χ1v) is 6.89. The minimum absolute atomic E-state index is 0.236. The summed E-state index contributed by atoms with van der Waals surface area (Å²) in [6, 6.07) is 0.367. The maximum atomic E-state index is 11.5. The Labute approximate surface area is 104 Å². The normalized spacial score (nSPS) is 31.6. The third-order valence-corrected chi connectivity index (χ3v) is 4.00. The van der Waals surface area contributed by atoms with Gasteiger partial charge in [-0.25, -0.2) is 0 Å². The number of piperazine rings is 1. The number of hydrogen-bond acceptors (Lipinski definition) is 3. The number of nitrogens with zero attached hydrogens (tertiary/aromatic N) is 1. The monoisotopic (exact) mass is 239 g/mol. The number of carbonyl (C=O) groups is 1. The quantitative estimate of drug-likeness (QED) is 0.751. The minimum atomic E-state index is 0.236. The van der Waals surface area contributed by atoms with Gasteiger partial charge in [-0.3, -0.25) is 4.79 Å². The molecule has 0 aromatic rings. The summed E-state index contributed by atoms with van der Waals surface area (Å²) in [4.78, 5) is 14.0. The van der Waals surface area contributed by atoms with Gasteiger partial charge in [-0.1, -0.05) is 13.8 Å². The van der Waals surface area contributed by atoms with E-state index >= 15 is 0 Å². The van der Waals surface area contributed by atoms with Gasteiger partial charge in [0.25, 0.3) is 0 Å². The SMILES string of the molecule is CC(C)[C@H]1NC(=O)CC[C@@H]1CN1CCNCC1. The van der Waals surface area contributed by atoms with E-state index in [1.807, 2.05) is 0 Å². The molecule has 2 aliphatic rings. The Morgan fingerprint density at radius 2 is 2.06 bits per heavy atom. The number of rotatable bonds is 3. The predicted octanol–water partition coefficient (Wildman–Crippen LogP) is 0.442. The van der Waals surface area contributed by atoms with Crippen molar-refractivity contribution in [2.75, 3.05) is 32.7 Å². The van der Waals surface area contributed by atoms with Crippen molar-refractivity contribution in [2.45, 2.75) is 32.7 Å². The molecule has 17 heavy (non-hydrogen) atoms. The Balaban J connectivity index is 1.90. The van der Waals surface area contributed by atoms with Crippen LogP contribution < -0.4 is 10.6 Å². The highest BCUT2D eigenvalue weighted by Crippen LogP contribution is 2.23. The molecule has 2 fully saturated rings. The van der Waals surface area contributed by atoms with Crippen molar-refractivity contribution < 1.29 is 4.79 Å². The molecule has 4 heteroatoms. The summed E-state index contributed by atoms with van der Waals surface area (Å²) in [6.45, 7) is 10.1. The Kier molecular flexibility index (Phi) is 4.40. The predicted molar refractivity (Wildman–Crippen MR) is 68.8 cm³/mol. The first kappa shape index (κ1) is 12.8. The molecule has 0 aromatic carbocycles. The molecule has 0 radical (unpaired) electrons. The van der Waals surface area contributed by atoms with E-state index in [4.69, 9.17) is 0 Å². The van der Waals surface area contributed by atoms with Crippen LogP contribution in [0.5, 0.6) is 0 Å². The van der Waals surface area contributed by atoms with E-state index in [0.29, 0.717) is 24.3 Å². The molecule has 0 saturated carbocycles. The van der Waals surface area contributed by atoms with Crippen LogP contribution in [0.25, 0.3) is 0 Å². The van der Waals surface area contributed by atoms with Gasteiger partial charge in [-0.05, 0) is 18.3 Å². The lowest BCUT2D eigenvalue weighted by Crippen LogP contribution is -2.53. The van der Waals surface area contributed by atoms with Crippen LogP contribution in [0.15, 0.2) is 0 Å². The average molecular weight is 239 g/mol. The zero-order valence-corrected chi connectivity index (χ0v) is 11.0. The first-order chi connectivity index (χ1) is 8.16. The van der Waals surface area contributed by atoms with Crippen molar-refractivity contribution >= 4 is 5.91 Å². The van der Waals surface area contributed by atoms with Crippen LogP contribution in [0.1, 0.15) is 26.7 Å². The summed E-state index contributed by atoms with van der Waals surface area (Å²) >= 11 is 0. The van der Waals surface area contributed by atoms with E-state index in [1.54, 1.807) is 0 Å². The number of carbonyl (C=O) groups excluding carboxylic acids is 1. The van der Waals surface area contributed by atoms with Crippen molar-refractivity contribution in [3.05, 3.63) is 0 Å². The van der Waals surface area contributed by atoms with Crippen LogP contribution in [-0.2, 0) is 4.79 Å². The molecular weight excluding hydrogens is 214 g/mol. The highest BCUT2D eigenvalue weighted by atomic mass is 16.1. The molecule has 4 nitrogen and oxygen atoms in total. The van der Waals surface area contributed by atoms with E-state index in [1.165, 1.54) is 0 Å². The Bertz CT molecular complexity index is 261.